The third-order valence-electron chi connectivity index (χ3n) is 4.30. The first-order chi connectivity index (χ1) is 14.0. The number of carbonyl (C=O) groups is 1. The summed E-state index contributed by atoms with van der Waals surface area (Å²) in [6.45, 7) is 4.10. The van der Waals surface area contributed by atoms with Gasteiger partial charge in [-0.05, 0) is 36.8 Å². The molecule has 2 rings (SSSR count). The molecule has 0 radical (unpaired) electrons. The van der Waals surface area contributed by atoms with Crippen molar-refractivity contribution in [1.29, 1.82) is 0 Å². The van der Waals surface area contributed by atoms with Crippen LogP contribution in [0.3, 0.4) is 0 Å². The van der Waals surface area contributed by atoms with Crippen molar-refractivity contribution in [3.05, 3.63) is 53.6 Å². The molecule has 2 aromatic carbocycles. The van der Waals surface area contributed by atoms with Crippen LogP contribution >= 0.6 is 0 Å². The number of nitrogens with one attached hydrogen (secondary N) is 1. The molecule has 0 spiro atoms. The summed E-state index contributed by atoms with van der Waals surface area (Å²) in [6, 6.07) is 9.92. The Morgan fingerprint density at radius 1 is 1.10 bits per heavy atom. The maximum absolute atomic E-state index is 12.8. The summed E-state index contributed by atoms with van der Waals surface area (Å²) in [4.78, 5) is 12.7. The van der Waals surface area contributed by atoms with E-state index in [4.69, 9.17) is 4.74 Å². The SMILES string of the molecule is CCN(CC)S(=O)(=O)c1cc(C(=O)Nc2ccccc2OCC(F)(F)F)ccc1C. The topological polar surface area (TPSA) is 75.7 Å². The number of benzene rings is 2. The Morgan fingerprint density at radius 3 is 2.33 bits per heavy atom. The van der Waals surface area contributed by atoms with E-state index in [1.165, 1.54) is 46.8 Å². The van der Waals surface area contributed by atoms with Gasteiger partial charge in [-0.25, -0.2) is 8.42 Å². The van der Waals surface area contributed by atoms with Gasteiger partial charge < -0.3 is 10.1 Å². The van der Waals surface area contributed by atoms with Crippen LogP contribution in [-0.4, -0.2) is 44.5 Å². The van der Waals surface area contributed by atoms with Crippen molar-refractivity contribution in [3.63, 3.8) is 0 Å². The lowest BCUT2D eigenvalue weighted by atomic mass is 10.1. The van der Waals surface area contributed by atoms with E-state index in [0.717, 1.165) is 0 Å². The molecule has 0 bridgehead atoms. The fraction of sp³-hybridized carbons (Fsp3) is 0.350. The Morgan fingerprint density at radius 2 is 1.73 bits per heavy atom. The number of ether oxygens (including phenoxy) is 1. The summed E-state index contributed by atoms with van der Waals surface area (Å²) >= 11 is 0. The molecule has 10 heteroatoms. The lowest BCUT2D eigenvalue weighted by Gasteiger charge is -2.20. The van der Waals surface area contributed by atoms with Crippen LogP contribution in [0.2, 0.25) is 0 Å². The molecule has 0 saturated carbocycles. The van der Waals surface area contributed by atoms with Crippen LogP contribution in [0.1, 0.15) is 29.8 Å². The third-order valence-corrected chi connectivity index (χ3v) is 6.49. The molecule has 2 aromatic rings. The molecule has 0 aromatic heterocycles. The molecule has 0 aliphatic carbocycles. The quantitative estimate of drug-likeness (QED) is 0.662. The van der Waals surface area contributed by atoms with Crippen molar-refractivity contribution in [2.75, 3.05) is 25.0 Å². The predicted octanol–water partition coefficient (Wildman–Crippen LogP) is 4.22. The molecule has 6 nitrogen and oxygen atoms in total. The largest absolute Gasteiger partial charge is 0.482 e. The first kappa shape index (κ1) is 23.7. The van der Waals surface area contributed by atoms with Crippen molar-refractivity contribution in [3.8, 4) is 5.75 Å². The molecule has 0 saturated heterocycles. The number of nitrogens with zero attached hydrogens (tertiary/aromatic N) is 1. The average Bonchev–Trinajstić information content (AvgIpc) is 2.67. The first-order valence-corrected chi connectivity index (χ1v) is 10.6. The number of halogens is 3. The van der Waals surface area contributed by atoms with E-state index < -0.39 is 28.7 Å². The number of alkyl halides is 3. The van der Waals surface area contributed by atoms with Gasteiger partial charge in [0.1, 0.15) is 5.75 Å². The number of aryl methyl sites for hydroxylation is 1. The Labute approximate surface area is 173 Å². The van der Waals surface area contributed by atoms with Crippen LogP contribution in [0.15, 0.2) is 47.4 Å². The summed E-state index contributed by atoms with van der Waals surface area (Å²) in [5.74, 6) is -0.819. The van der Waals surface area contributed by atoms with Crippen LogP contribution in [-0.2, 0) is 10.0 Å². The van der Waals surface area contributed by atoms with Crippen molar-refractivity contribution in [1.82, 2.24) is 4.31 Å². The van der Waals surface area contributed by atoms with Gasteiger partial charge in [0, 0.05) is 18.7 Å². The summed E-state index contributed by atoms with van der Waals surface area (Å²) in [5.41, 5.74) is 0.574. The smallest absolute Gasteiger partial charge is 0.422 e. The maximum Gasteiger partial charge on any atom is 0.422 e. The second kappa shape index (κ2) is 9.48. The van der Waals surface area contributed by atoms with E-state index in [1.807, 2.05) is 0 Å². The lowest BCUT2D eigenvalue weighted by molar-refractivity contribution is -0.153. The molecule has 0 atom stereocenters. The normalized spacial score (nSPS) is 12.1. The summed E-state index contributed by atoms with van der Waals surface area (Å²) in [5, 5.41) is 2.48. The van der Waals surface area contributed by atoms with Crippen molar-refractivity contribution in [2.24, 2.45) is 0 Å². The average molecular weight is 444 g/mol. The molecule has 0 aliphatic heterocycles. The van der Waals surface area contributed by atoms with Gasteiger partial charge in [0.05, 0.1) is 10.6 Å². The molecule has 0 fully saturated rings. The van der Waals surface area contributed by atoms with Crippen LogP contribution < -0.4 is 10.1 Å². The number of anilines is 1. The Balaban J connectivity index is 2.32. The summed E-state index contributed by atoms with van der Waals surface area (Å²) in [6.07, 6.45) is -4.53. The molecule has 1 amide bonds. The molecule has 0 heterocycles. The van der Waals surface area contributed by atoms with E-state index in [9.17, 15) is 26.4 Å². The lowest BCUT2D eigenvalue weighted by Crippen LogP contribution is -2.31. The van der Waals surface area contributed by atoms with Crippen molar-refractivity contribution >= 4 is 21.6 Å². The zero-order chi connectivity index (χ0) is 22.5. The highest BCUT2D eigenvalue weighted by Crippen LogP contribution is 2.27. The van der Waals surface area contributed by atoms with Crippen LogP contribution in [0.5, 0.6) is 5.75 Å². The van der Waals surface area contributed by atoms with Gasteiger partial charge in [-0.1, -0.05) is 32.0 Å². The Kier molecular flexibility index (Phi) is 7.49. The molecule has 1 N–H and O–H groups in total. The molecule has 0 unspecified atom stereocenters. The number of sulfonamides is 1. The molecule has 164 valence electrons. The zero-order valence-corrected chi connectivity index (χ0v) is 17.6. The van der Waals surface area contributed by atoms with Gasteiger partial charge in [-0.2, -0.15) is 17.5 Å². The fourth-order valence-corrected chi connectivity index (χ4v) is 4.48. The minimum Gasteiger partial charge on any atom is -0.482 e. The minimum atomic E-state index is -4.53. The third kappa shape index (κ3) is 5.73. The van der Waals surface area contributed by atoms with Gasteiger partial charge in [0.25, 0.3) is 5.91 Å². The van der Waals surface area contributed by atoms with Crippen LogP contribution in [0.4, 0.5) is 18.9 Å². The van der Waals surface area contributed by atoms with Crippen molar-refractivity contribution in [2.45, 2.75) is 31.8 Å². The highest BCUT2D eigenvalue weighted by molar-refractivity contribution is 7.89. The van der Waals surface area contributed by atoms with E-state index in [-0.39, 0.29) is 35.0 Å². The van der Waals surface area contributed by atoms with E-state index in [1.54, 1.807) is 20.8 Å². The molecule has 0 aliphatic rings. The van der Waals surface area contributed by atoms with E-state index in [2.05, 4.69) is 5.32 Å². The Bertz CT molecular complexity index is 1000. The van der Waals surface area contributed by atoms with Gasteiger partial charge in [-0.3, -0.25) is 4.79 Å². The zero-order valence-electron chi connectivity index (χ0n) is 16.8. The second-order valence-corrected chi connectivity index (χ2v) is 8.33. The van der Waals surface area contributed by atoms with Crippen LogP contribution in [0, 0.1) is 6.92 Å². The first-order valence-electron chi connectivity index (χ1n) is 9.20. The van der Waals surface area contributed by atoms with Crippen LogP contribution in [0.25, 0.3) is 0 Å². The number of para-hydroxylation sites is 2. The standard InChI is InChI=1S/C20H23F3N2O4S/c1-4-25(5-2)30(27,28)18-12-15(11-10-14(18)3)19(26)24-16-8-6-7-9-17(16)29-13-20(21,22)23/h6-12H,4-5,13H2,1-3H3,(H,24,26). The minimum absolute atomic E-state index is 0.000423. The Hall–Kier alpha value is -2.59. The molecular weight excluding hydrogens is 421 g/mol. The van der Waals surface area contributed by atoms with Gasteiger partial charge in [0.15, 0.2) is 6.61 Å². The van der Waals surface area contributed by atoms with E-state index in [0.29, 0.717) is 5.56 Å². The number of rotatable bonds is 8. The maximum atomic E-state index is 12.8. The number of carbonyl (C=O) groups excluding carboxylic acids is 1. The van der Waals surface area contributed by atoms with Gasteiger partial charge >= 0.3 is 6.18 Å². The second-order valence-electron chi connectivity index (χ2n) is 6.42. The summed E-state index contributed by atoms with van der Waals surface area (Å²) in [7, 11) is -3.79. The van der Waals surface area contributed by atoms with Gasteiger partial charge in [-0.15, -0.1) is 0 Å². The summed E-state index contributed by atoms with van der Waals surface area (Å²) < 4.78 is 69.1. The molecule has 30 heavy (non-hydrogen) atoms. The monoisotopic (exact) mass is 444 g/mol. The van der Waals surface area contributed by atoms with E-state index >= 15 is 0 Å². The number of amides is 1. The highest BCUT2D eigenvalue weighted by Gasteiger charge is 2.29. The van der Waals surface area contributed by atoms with Gasteiger partial charge in [0.2, 0.25) is 10.0 Å². The van der Waals surface area contributed by atoms with Crippen molar-refractivity contribution < 1.29 is 31.1 Å². The molecular formula is C20H23F3N2O4S. The highest BCUT2D eigenvalue weighted by atomic mass is 32.2. The number of hydrogen-bond acceptors (Lipinski definition) is 4. The predicted molar refractivity (Wildman–Crippen MR) is 107 cm³/mol. The number of hydrogen-bond donors (Lipinski definition) is 1. The fourth-order valence-electron chi connectivity index (χ4n) is 2.77.